The summed E-state index contributed by atoms with van der Waals surface area (Å²) in [5.74, 6) is -4.64. The maximum Gasteiger partial charge on any atom is 0.257 e. The number of benzene rings is 2. The number of amides is 2. The molecule has 0 atom stereocenters. The molecule has 2 amide bonds. The maximum absolute atomic E-state index is 13.9. The molecule has 0 bridgehead atoms. The van der Waals surface area contributed by atoms with Gasteiger partial charge in [0, 0.05) is 26.2 Å². The molecule has 0 radical (unpaired) electrons. The standard InChI is InChI=1S/C21H21F3N2O3/c22-17-8-7-16(19(23)20(17)24)21(28)26-11-4-10-25(12-13-26)18(27)9-14-29-15-5-2-1-3-6-15/h1-3,5-8H,4,9-14H2. The molecule has 5 nitrogen and oxygen atoms in total. The number of halogens is 3. The Bertz CT molecular complexity index is 877. The average Bonchev–Trinajstić information content (AvgIpc) is 2.99. The molecular weight excluding hydrogens is 385 g/mol. The van der Waals surface area contributed by atoms with Gasteiger partial charge in [-0.3, -0.25) is 9.59 Å². The molecule has 0 spiro atoms. The topological polar surface area (TPSA) is 49.9 Å². The van der Waals surface area contributed by atoms with Crippen molar-refractivity contribution in [3.63, 3.8) is 0 Å². The molecule has 0 saturated carbocycles. The van der Waals surface area contributed by atoms with Gasteiger partial charge < -0.3 is 14.5 Å². The number of rotatable bonds is 5. The Hall–Kier alpha value is -3.03. The zero-order chi connectivity index (χ0) is 20.8. The van der Waals surface area contributed by atoms with E-state index in [1.165, 1.54) is 4.90 Å². The van der Waals surface area contributed by atoms with E-state index in [0.29, 0.717) is 25.3 Å². The number of carbonyl (C=O) groups excluding carboxylic acids is 2. The van der Waals surface area contributed by atoms with Crippen molar-refractivity contribution in [3.05, 3.63) is 65.5 Å². The van der Waals surface area contributed by atoms with E-state index in [0.717, 1.165) is 12.1 Å². The van der Waals surface area contributed by atoms with E-state index < -0.39 is 28.9 Å². The average molecular weight is 406 g/mol. The molecule has 0 aliphatic carbocycles. The molecule has 1 aliphatic heterocycles. The minimum Gasteiger partial charge on any atom is -0.493 e. The summed E-state index contributed by atoms with van der Waals surface area (Å²) in [7, 11) is 0. The number of carbonyl (C=O) groups is 2. The fourth-order valence-electron chi connectivity index (χ4n) is 3.16. The second-order valence-electron chi connectivity index (χ2n) is 6.66. The van der Waals surface area contributed by atoms with Gasteiger partial charge in [-0.15, -0.1) is 0 Å². The Morgan fingerprint density at radius 3 is 2.31 bits per heavy atom. The SMILES string of the molecule is O=C(CCOc1ccccc1)N1CCCN(C(=O)c2ccc(F)c(F)c2F)CC1. The number of para-hydroxylation sites is 1. The molecule has 1 saturated heterocycles. The van der Waals surface area contributed by atoms with Gasteiger partial charge >= 0.3 is 0 Å². The largest absolute Gasteiger partial charge is 0.493 e. The molecule has 8 heteroatoms. The smallest absolute Gasteiger partial charge is 0.257 e. The maximum atomic E-state index is 13.9. The van der Waals surface area contributed by atoms with Crippen molar-refractivity contribution in [1.82, 2.24) is 9.80 Å². The zero-order valence-electron chi connectivity index (χ0n) is 15.7. The van der Waals surface area contributed by atoms with Crippen LogP contribution in [0.5, 0.6) is 5.75 Å². The van der Waals surface area contributed by atoms with Gasteiger partial charge in [-0.05, 0) is 30.7 Å². The molecule has 29 heavy (non-hydrogen) atoms. The molecular formula is C21H21F3N2O3. The summed E-state index contributed by atoms with van der Waals surface area (Å²) in [4.78, 5) is 27.9. The molecule has 0 unspecified atom stereocenters. The highest BCUT2D eigenvalue weighted by atomic mass is 19.2. The van der Waals surface area contributed by atoms with Crippen molar-refractivity contribution in [3.8, 4) is 5.75 Å². The number of ether oxygens (including phenoxy) is 1. The van der Waals surface area contributed by atoms with Gasteiger partial charge in [-0.1, -0.05) is 18.2 Å². The predicted molar refractivity (Wildman–Crippen MR) is 100.0 cm³/mol. The Balaban J connectivity index is 1.54. The highest BCUT2D eigenvalue weighted by Crippen LogP contribution is 2.18. The fourth-order valence-corrected chi connectivity index (χ4v) is 3.16. The van der Waals surface area contributed by atoms with Gasteiger partial charge in [-0.2, -0.15) is 0 Å². The lowest BCUT2D eigenvalue weighted by Crippen LogP contribution is -2.38. The van der Waals surface area contributed by atoms with E-state index in [1.807, 2.05) is 18.2 Å². The van der Waals surface area contributed by atoms with Crippen LogP contribution in [-0.2, 0) is 4.79 Å². The molecule has 2 aromatic carbocycles. The van der Waals surface area contributed by atoms with Crippen LogP contribution >= 0.6 is 0 Å². The monoisotopic (exact) mass is 406 g/mol. The quantitative estimate of drug-likeness (QED) is 0.717. The third-order valence-corrected chi connectivity index (χ3v) is 4.73. The van der Waals surface area contributed by atoms with Crippen LogP contribution in [0, 0.1) is 17.5 Å². The molecule has 0 N–H and O–H groups in total. The van der Waals surface area contributed by atoms with E-state index in [4.69, 9.17) is 4.74 Å². The number of hydrogen-bond acceptors (Lipinski definition) is 3. The van der Waals surface area contributed by atoms with Crippen molar-refractivity contribution in [2.75, 3.05) is 32.8 Å². The Morgan fingerprint density at radius 1 is 0.862 bits per heavy atom. The van der Waals surface area contributed by atoms with Gasteiger partial charge in [-0.25, -0.2) is 13.2 Å². The van der Waals surface area contributed by atoms with Crippen LogP contribution in [0.3, 0.4) is 0 Å². The van der Waals surface area contributed by atoms with Crippen molar-refractivity contribution < 1.29 is 27.5 Å². The van der Waals surface area contributed by atoms with E-state index in [1.54, 1.807) is 17.0 Å². The van der Waals surface area contributed by atoms with Crippen LogP contribution < -0.4 is 4.74 Å². The molecule has 1 aliphatic rings. The third-order valence-electron chi connectivity index (χ3n) is 4.73. The van der Waals surface area contributed by atoms with Crippen LogP contribution in [0.1, 0.15) is 23.2 Å². The summed E-state index contributed by atoms with van der Waals surface area (Å²) in [5, 5.41) is 0. The lowest BCUT2D eigenvalue weighted by atomic mass is 10.1. The summed E-state index contributed by atoms with van der Waals surface area (Å²) >= 11 is 0. The third kappa shape index (κ3) is 5.07. The van der Waals surface area contributed by atoms with Crippen LogP contribution in [0.25, 0.3) is 0 Å². The van der Waals surface area contributed by atoms with Gasteiger partial charge in [0.25, 0.3) is 5.91 Å². The highest BCUT2D eigenvalue weighted by Gasteiger charge is 2.26. The van der Waals surface area contributed by atoms with Gasteiger partial charge in [0.05, 0.1) is 18.6 Å². The highest BCUT2D eigenvalue weighted by molar-refractivity contribution is 5.94. The first-order chi connectivity index (χ1) is 14.0. The molecule has 154 valence electrons. The summed E-state index contributed by atoms with van der Waals surface area (Å²) in [6.07, 6.45) is 0.697. The van der Waals surface area contributed by atoms with Crippen LogP contribution in [0.15, 0.2) is 42.5 Å². The van der Waals surface area contributed by atoms with Crippen LogP contribution in [0.4, 0.5) is 13.2 Å². The van der Waals surface area contributed by atoms with E-state index >= 15 is 0 Å². The Kier molecular flexibility index (Phi) is 6.74. The van der Waals surface area contributed by atoms with Gasteiger partial charge in [0.15, 0.2) is 17.5 Å². The van der Waals surface area contributed by atoms with Crippen molar-refractivity contribution in [2.45, 2.75) is 12.8 Å². The van der Waals surface area contributed by atoms with Crippen molar-refractivity contribution in [1.29, 1.82) is 0 Å². The van der Waals surface area contributed by atoms with Gasteiger partial charge in [0.2, 0.25) is 5.91 Å². The molecule has 1 heterocycles. The minimum atomic E-state index is -1.67. The van der Waals surface area contributed by atoms with E-state index in [-0.39, 0.29) is 32.0 Å². The van der Waals surface area contributed by atoms with Crippen molar-refractivity contribution >= 4 is 11.8 Å². The van der Waals surface area contributed by atoms with Crippen LogP contribution in [-0.4, -0.2) is 54.4 Å². The summed E-state index contributed by atoms with van der Waals surface area (Å²) < 4.78 is 46.0. The normalized spacial score (nSPS) is 14.4. The first kappa shape index (κ1) is 20.7. The Labute approximate surface area is 166 Å². The molecule has 1 fully saturated rings. The molecule has 3 rings (SSSR count). The fraction of sp³-hybridized carbons (Fsp3) is 0.333. The zero-order valence-corrected chi connectivity index (χ0v) is 15.7. The van der Waals surface area contributed by atoms with Crippen molar-refractivity contribution in [2.24, 2.45) is 0 Å². The molecule has 0 aromatic heterocycles. The van der Waals surface area contributed by atoms with Crippen LogP contribution in [0.2, 0.25) is 0 Å². The molecule has 2 aromatic rings. The predicted octanol–water partition coefficient (Wildman–Crippen LogP) is 3.25. The minimum absolute atomic E-state index is 0.103. The summed E-state index contributed by atoms with van der Waals surface area (Å²) in [6, 6.07) is 10.8. The summed E-state index contributed by atoms with van der Waals surface area (Å²) in [5.41, 5.74) is -0.514. The first-order valence-electron chi connectivity index (χ1n) is 9.36. The lowest BCUT2D eigenvalue weighted by Gasteiger charge is -2.22. The van der Waals surface area contributed by atoms with E-state index in [9.17, 15) is 22.8 Å². The number of nitrogens with zero attached hydrogens (tertiary/aromatic N) is 2. The van der Waals surface area contributed by atoms with E-state index in [2.05, 4.69) is 0 Å². The second-order valence-corrected chi connectivity index (χ2v) is 6.66. The Morgan fingerprint density at radius 2 is 1.55 bits per heavy atom. The first-order valence-corrected chi connectivity index (χ1v) is 9.36. The lowest BCUT2D eigenvalue weighted by molar-refractivity contribution is -0.131. The summed E-state index contributed by atoms with van der Waals surface area (Å²) in [6.45, 7) is 1.45. The van der Waals surface area contributed by atoms with Gasteiger partial charge in [0.1, 0.15) is 5.75 Å². The number of hydrogen-bond donors (Lipinski definition) is 0. The second kappa shape index (κ2) is 9.45.